The summed E-state index contributed by atoms with van der Waals surface area (Å²) in [4.78, 5) is 9.69. The minimum atomic E-state index is 0.747. The lowest BCUT2D eigenvalue weighted by molar-refractivity contribution is 0.111. The Labute approximate surface area is 161 Å². The molecule has 0 aliphatic carbocycles. The molecular formula is C22H28N4O. The van der Waals surface area contributed by atoms with Gasteiger partial charge >= 0.3 is 0 Å². The summed E-state index contributed by atoms with van der Waals surface area (Å²) in [6.45, 7) is 11.2. The van der Waals surface area contributed by atoms with Crippen LogP contribution in [0.25, 0.3) is 5.65 Å². The third kappa shape index (κ3) is 4.49. The number of hydrogen-bond acceptors (Lipinski definition) is 4. The molecule has 5 nitrogen and oxygen atoms in total. The van der Waals surface area contributed by atoms with Crippen molar-refractivity contribution in [2.24, 2.45) is 0 Å². The molecule has 3 aromatic rings. The van der Waals surface area contributed by atoms with Crippen LogP contribution in [0.2, 0.25) is 0 Å². The van der Waals surface area contributed by atoms with E-state index in [1.165, 1.54) is 11.1 Å². The van der Waals surface area contributed by atoms with Crippen molar-refractivity contribution >= 4 is 5.65 Å². The molecule has 0 radical (unpaired) electrons. The number of aromatic nitrogens is 2. The summed E-state index contributed by atoms with van der Waals surface area (Å²) in [6, 6.07) is 12.5. The molecule has 3 heterocycles. The van der Waals surface area contributed by atoms with Crippen molar-refractivity contribution in [3.63, 3.8) is 0 Å². The monoisotopic (exact) mass is 364 g/mol. The van der Waals surface area contributed by atoms with Crippen molar-refractivity contribution in [1.29, 1.82) is 0 Å². The molecule has 1 fully saturated rings. The SMILES string of the molecule is Cc1ccc(C)c(OCCN2CCN(Cc3cn4ccccc4n3)CC2)c1. The number of imidazole rings is 1. The Morgan fingerprint density at radius 1 is 1.00 bits per heavy atom. The highest BCUT2D eigenvalue weighted by molar-refractivity contribution is 5.39. The van der Waals surface area contributed by atoms with Gasteiger partial charge in [0.15, 0.2) is 0 Å². The second-order valence-electron chi connectivity index (χ2n) is 7.43. The van der Waals surface area contributed by atoms with Gasteiger partial charge in [-0.25, -0.2) is 4.98 Å². The largest absolute Gasteiger partial charge is 0.492 e. The summed E-state index contributed by atoms with van der Waals surface area (Å²) < 4.78 is 8.10. The molecule has 4 rings (SSSR count). The third-order valence-electron chi connectivity index (χ3n) is 5.27. The highest BCUT2D eigenvalue weighted by atomic mass is 16.5. The van der Waals surface area contributed by atoms with E-state index in [9.17, 15) is 0 Å². The quantitative estimate of drug-likeness (QED) is 0.673. The number of rotatable bonds is 6. The summed E-state index contributed by atoms with van der Waals surface area (Å²) in [5.41, 5.74) is 4.62. The van der Waals surface area contributed by atoms with Gasteiger partial charge in [-0.1, -0.05) is 18.2 Å². The molecule has 1 aliphatic heterocycles. The molecule has 5 heteroatoms. The van der Waals surface area contributed by atoms with E-state index in [0.717, 1.165) is 63.0 Å². The van der Waals surface area contributed by atoms with E-state index in [0.29, 0.717) is 0 Å². The molecule has 0 atom stereocenters. The highest BCUT2D eigenvalue weighted by Gasteiger charge is 2.18. The Bertz CT molecular complexity index is 863. The van der Waals surface area contributed by atoms with Gasteiger partial charge in [0.05, 0.1) is 5.69 Å². The number of aryl methyl sites for hydroxylation is 2. The van der Waals surface area contributed by atoms with Crippen LogP contribution in [0.5, 0.6) is 5.75 Å². The van der Waals surface area contributed by atoms with E-state index in [1.54, 1.807) is 0 Å². The average molecular weight is 364 g/mol. The fourth-order valence-electron chi connectivity index (χ4n) is 3.61. The predicted octanol–water partition coefficient (Wildman–Crippen LogP) is 3.15. The van der Waals surface area contributed by atoms with Crippen LogP contribution in [0.15, 0.2) is 48.8 Å². The van der Waals surface area contributed by atoms with Crippen LogP contribution >= 0.6 is 0 Å². The summed E-state index contributed by atoms with van der Waals surface area (Å²) in [5.74, 6) is 1.01. The van der Waals surface area contributed by atoms with Crippen molar-refractivity contribution in [1.82, 2.24) is 19.2 Å². The average Bonchev–Trinajstić information content (AvgIpc) is 3.08. The number of nitrogens with zero attached hydrogens (tertiary/aromatic N) is 4. The van der Waals surface area contributed by atoms with Gasteiger partial charge in [-0.05, 0) is 43.2 Å². The maximum atomic E-state index is 6.01. The summed E-state index contributed by atoms with van der Waals surface area (Å²) in [7, 11) is 0. The molecule has 0 bridgehead atoms. The van der Waals surface area contributed by atoms with Gasteiger partial charge in [0.2, 0.25) is 0 Å². The second kappa shape index (κ2) is 8.11. The predicted molar refractivity (Wildman–Crippen MR) is 108 cm³/mol. The lowest BCUT2D eigenvalue weighted by Gasteiger charge is -2.34. The van der Waals surface area contributed by atoms with Crippen LogP contribution in [0.3, 0.4) is 0 Å². The summed E-state index contributed by atoms with van der Waals surface area (Å²) in [5, 5.41) is 0. The third-order valence-corrected chi connectivity index (χ3v) is 5.27. The second-order valence-corrected chi connectivity index (χ2v) is 7.43. The first-order valence-corrected chi connectivity index (χ1v) is 9.75. The Hall–Kier alpha value is -2.37. The van der Waals surface area contributed by atoms with Crippen LogP contribution in [-0.4, -0.2) is 58.5 Å². The molecule has 0 N–H and O–H groups in total. The Kier molecular flexibility index (Phi) is 5.41. The molecule has 1 saturated heterocycles. The van der Waals surface area contributed by atoms with E-state index in [2.05, 4.69) is 64.7 Å². The maximum Gasteiger partial charge on any atom is 0.137 e. The van der Waals surface area contributed by atoms with Crippen LogP contribution in [-0.2, 0) is 6.54 Å². The molecule has 0 unspecified atom stereocenters. The van der Waals surface area contributed by atoms with Gasteiger partial charge in [-0.3, -0.25) is 9.80 Å². The van der Waals surface area contributed by atoms with E-state index in [1.807, 2.05) is 12.1 Å². The van der Waals surface area contributed by atoms with Gasteiger partial charge < -0.3 is 9.14 Å². The normalized spacial score (nSPS) is 16.1. The molecule has 27 heavy (non-hydrogen) atoms. The van der Waals surface area contributed by atoms with E-state index in [-0.39, 0.29) is 0 Å². The lowest BCUT2D eigenvalue weighted by atomic mass is 10.1. The summed E-state index contributed by atoms with van der Waals surface area (Å²) >= 11 is 0. The van der Waals surface area contributed by atoms with Crippen LogP contribution in [0, 0.1) is 13.8 Å². The van der Waals surface area contributed by atoms with Crippen molar-refractivity contribution < 1.29 is 4.74 Å². The van der Waals surface area contributed by atoms with Crippen molar-refractivity contribution in [2.45, 2.75) is 20.4 Å². The molecule has 0 spiro atoms. The van der Waals surface area contributed by atoms with Gasteiger partial charge in [0, 0.05) is 51.7 Å². The van der Waals surface area contributed by atoms with Crippen molar-refractivity contribution in [3.05, 3.63) is 65.6 Å². The molecular weight excluding hydrogens is 336 g/mol. The minimum Gasteiger partial charge on any atom is -0.492 e. The van der Waals surface area contributed by atoms with Crippen molar-refractivity contribution in [2.75, 3.05) is 39.3 Å². The number of benzene rings is 1. The number of fused-ring (bicyclic) bond motifs is 1. The van der Waals surface area contributed by atoms with Crippen LogP contribution in [0.1, 0.15) is 16.8 Å². The van der Waals surface area contributed by atoms with Crippen molar-refractivity contribution in [3.8, 4) is 5.75 Å². The fraction of sp³-hybridized carbons (Fsp3) is 0.409. The Balaban J connectivity index is 1.22. The molecule has 0 saturated carbocycles. The Morgan fingerprint density at radius 2 is 1.81 bits per heavy atom. The lowest BCUT2D eigenvalue weighted by Crippen LogP contribution is -2.47. The smallest absolute Gasteiger partial charge is 0.137 e. The molecule has 142 valence electrons. The first-order valence-electron chi connectivity index (χ1n) is 9.75. The molecule has 1 aromatic carbocycles. The van der Waals surface area contributed by atoms with Gasteiger partial charge in [-0.15, -0.1) is 0 Å². The fourth-order valence-corrected chi connectivity index (χ4v) is 3.61. The highest BCUT2D eigenvalue weighted by Crippen LogP contribution is 2.19. The summed E-state index contributed by atoms with van der Waals surface area (Å²) in [6.07, 6.45) is 4.19. The zero-order valence-electron chi connectivity index (χ0n) is 16.3. The van der Waals surface area contributed by atoms with E-state index >= 15 is 0 Å². The topological polar surface area (TPSA) is 33.0 Å². The minimum absolute atomic E-state index is 0.747. The van der Waals surface area contributed by atoms with E-state index < -0.39 is 0 Å². The van der Waals surface area contributed by atoms with Gasteiger partial charge in [0.25, 0.3) is 0 Å². The van der Waals surface area contributed by atoms with Gasteiger partial charge in [0.1, 0.15) is 18.0 Å². The van der Waals surface area contributed by atoms with Crippen LogP contribution in [0.4, 0.5) is 0 Å². The zero-order valence-corrected chi connectivity index (χ0v) is 16.3. The zero-order chi connectivity index (χ0) is 18.6. The first kappa shape index (κ1) is 18.0. The standard InChI is InChI=1S/C22H28N4O/c1-18-6-7-19(2)21(15-18)27-14-13-24-9-11-25(12-10-24)16-20-17-26-8-4-3-5-22(26)23-20/h3-8,15,17H,9-14,16H2,1-2H3. The molecule has 1 aliphatic rings. The first-order chi connectivity index (χ1) is 13.2. The van der Waals surface area contributed by atoms with Gasteiger partial charge in [-0.2, -0.15) is 0 Å². The number of hydrogen-bond donors (Lipinski definition) is 0. The van der Waals surface area contributed by atoms with Crippen LogP contribution < -0.4 is 4.74 Å². The number of ether oxygens (including phenoxy) is 1. The number of pyridine rings is 1. The molecule has 0 amide bonds. The number of piperazine rings is 1. The Morgan fingerprint density at radius 3 is 2.63 bits per heavy atom. The maximum absolute atomic E-state index is 6.01. The molecule has 2 aromatic heterocycles. The van der Waals surface area contributed by atoms with E-state index in [4.69, 9.17) is 9.72 Å².